The minimum atomic E-state index is -3.96. The fraction of sp³-hybridized carbons (Fsp3) is 0.429. The SMILES string of the molecule is Cc1[nH]c(=O)sc1S(=O)(=O)N[C@H](C)C(=O)O. The molecule has 0 saturated heterocycles. The summed E-state index contributed by atoms with van der Waals surface area (Å²) in [6, 6.07) is -1.25. The van der Waals surface area contributed by atoms with Gasteiger partial charge in [0.25, 0.3) is 10.0 Å². The first-order chi connectivity index (χ1) is 7.24. The Morgan fingerprint density at radius 1 is 1.56 bits per heavy atom. The maximum atomic E-state index is 11.7. The molecule has 0 aliphatic rings. The largest absolute Gasteiger partial charge is 0.480 e. The van der Waals surface area contributed by atoms with Gasteiger partial charge in [0.1, 0.15) is 6.04 Å². The third-order valence-corrected chi connectivity index (χ3v) is 4.87. The lowest BCUT2D eigenvalue weighted by Crippen LogP contribution is -2.38. The third-order valence-electron chi connectivity index (χ3n) is 1.73. The molecule has 90 valence electrons. The lowest BCUT2D eigenvalue weighted by molar-refractivity contribution is -0.138. The van der Waals surface area contributed by atoms with E-state index in [1.807, 2.05) is 4.72 Å². The number of hydrogen-bond acceptors (Lipinski definition) is 5. The van der Waals surface area contributed by atoms with Gasteiger partial charge in [-0.15, -0.1) is 0 Å². The van der Waals surface area contributed by atoms with Crippen LogP contribution in [0.3, 0.4) is 0 Å². The van der Waals surface area contributed by atoms with Crippen molar-refractivity contribution >= 4 is 27.3 Å². The first-order valence-corrected chi connectivity index (χ1v) is 6.49. The molecule has 0 aliphatic carbocycles. The van der Waals surface area contributed by atoms with Crippen LogP contribution in [0.15, 0.2) is 9.00 Å². The van der Waals surface area contributed by atoms with E-state index in [0.717, 1.165) is 0 Å². The summed E-state index contributed by atoms with van der Waals surface area (Å²) >= 11 is 0.520. The Balaban J connectivity index is 3.08. The third kappa shape index (κ3) is 2.68. The van der Waals surface area contributed by atoms with Crippen LogP contribution in [0.5, 0.6) is 0 Å². The monoisotopic (exact) mass is 266 g/mol. The van der Waals surface area contributed by atoms with Crippen LogP contribution in [0.2, 0.25) is 0 Å². The summed E-state index contributed by atoms with van der Waals surface area (Å²) < 4.78 is 25.1. The molecule has 0 aromatic carbocycles. The quantitative estimate of drug-likeness (QED) is 0.679. The Kier molecular flexibility index (Phi) is 3.51. The van der Waals surface area contributed by atoms with Gasteiger partial charge >= 0.3 is 10.8 Å². The van der Waals surface area contributed by atoms with Crippen molar-refractivity contribution in [1.82, 2.24) is 9.71 Å². The van der Waals surface area contributed by atoms with Gasteiger partial charge in [0.05, 0.1) is 0 Å². The lowest BCUT2D eigenvalue weighted by Gasteiger charge is -2.08. The molecule has 0 unspecified atom stereocenters. The molecule has 0 aliphatic heterocycles. The van der Waals surface area contributed by atoms with Crippen LogP contribution in [-0.2, 0) is 14.8 Å². The van der Waals surface area contributed by atoms with E-state index in [9.17, 15) is 18.0 Å². The standard InChI is InChI=1S/C7H10N2O5S2/c1-3(5(10)11)9-16(13,14)6-4(2)8-7(12)15-6/h3,9H,1-2H3,(H,8,12)(H,10,11)/t3-/m1/s1. The van der Waals surface area contributed by atoms with Crippen molar-refractivity contribution in [2.24, 2.45) is 0 Å². The Morgan fingerprint density at radius 2 is 2.12 bits per heavy atom. The topological polar surface area (TPSA) is 116 Å². The van der Waals surface area contributed by atoms with E-state index in [-0.39, 0.29) is 9.90 Å². The number of sulfonamides is 1. The van der Waals surface area contributed by atoms with E-state index in [1.165, 1.54) is 13.8 Å². The molecule has 0 spiro atoms. The number of aliphatic carboxylic acids is 1. The number of carbonyl (C=O) groups is 1. The zero-order valence-electron chi connectivity index (χ0n) is 8.47. The van der Waals surface area contributed by atoms with Gasteiger partial charge < -0.3 is 10.1 Å². The summed E-state index contributed by atoms with van der Waals surface area (Å²) in [4.78, 5) is 23.3. The van der Waals surface area contributed by atoms with Crippen molar-refractivity contribution in [3.05, 3.63) is 15.4 Å². The molecule has 0 radical (unpaired) electrons. The van der Waals surface area contributed by atoms with Gasteiger partial charge in [-0.05, 0) is 13.8 Å². The fourth-order valence-corrected chi connectivity index (χ4v) is 3.50. The van der Waals surface area contributed by atoms with Crippen LogP contribution in [-0.4, -0.2) is 30.5 Å². The minimum absolute atomic E-state index is 0.189. The Hall–Kier alpha value is -1.19. The van der Waals surface area contributed by atoms with Crippen molar-refractivity contribution in [3.8, 4) is 0 Å². The number of rotatable bonds is 4. The Labute approximate surface area is 95.2 Å². The molecule has 0 amide bonds. The van der Waals surface area contributed by atoms with Crippen molar-refractivity contribution < 1.29 is 18.3 Å². The summed E-state index contributed by atoms with van der Waals surface area (Å²) in [6.45, 7) is 2.63. The van der Waals surface area contributed by atoms with E-state index in [4.69, 9.17) is 5.11 Å². The van der Waals surface area contributed by atoms with Gasteiger partial charge in [-0.3, -0.25) is 9.59 Å². The molecule has 1 aromatic heterocycles. The minimum Gasteiger partial charge on any atom is -0.480 e. The molecular weight excluding hydrogens is 256 g/mol. The predicted molar refractivity (Wildman–Crippen MR) is 57.1 cm³/mol. The Morgan fingerprint density at radius 3 is 2.50 bits per heavy atom. The summed E-state index contributed by atoms with van der Waals surface area (Å²) in [5, 5.41) is 8.57. The second kappa shape index (κ2) is 4.36. The molecule has 0 bridgehead atoms. The highest BCUT2D eigenvalue weighted by Gasteiger charge is 2.25. The fourth-order valence-electron chi connectivity index (χ4n) is 0.983. The van der Waals surface area contributed by atoms with Crippen LogP contribution < -0.4 is 9.60 Å². The molecule has 0 saturated carbocycles. The van der Waals surface area contributed by atoms with Crippen LogP contribution >= 0.6 is 11.3 Å². The number of carboxylic acids is 1. The van der Waals surface area contributed by atoms with Crippen LogP contribution in [0.25, 0.3) is 0 Å². The molecular formula is C7H10N2O5S2. The number of H-pyrrole nitrogens is 1. The molecule has 1 rings (SSSR count). The van der Waals surface area contributed by atoms with E-state index in [0.29, 0.717) is 11.3 Å². The maximum absolute atomic E-state index is 11.7. The van der Waals surface area contributed by atoms with E-state index < -0.39 is 26.9 Å². The molecule has 1 atom stereocenters. The number of aromatic nitrogens is 1. The van der Waals surface area contributed by atoms with Crippen LogP contribution in [0, 0.1) is 6.92 Å². The van der Waals surface area contributed by atoms with Crippen molar-refractivity contribution in [3.63, 3.8) is 0 Å². The first-order valence-electron chi connectivity index (χ1n) is 4.19. The van der Waals surface area contributed by atoms with Crippen molar-refractivity contribution in [1.29, 1.82) is 0 Å². The highest BCUT2D eigenvalue weighted by Crippen LogP contribution is 2.15. The summed E-state index contributed by atoms with van der Waals surface area (Å²) in [6.07, 6.45) is 0. The summed E-state index contributed by atoms with van der Waals surface area (Å²) in [5.41, 5.74) is 0.195. The smallest absolute Gasteiger partial charge is 0.321 e. The van der Waals surface area contributed by atoms with E-state index in [2.05, 4.69) is 4.98 Å². The predicted octanol–water partition coefficient (Wildman–Crippen LogP) is -0.504. The average molecular weight is 266 g/mol. The second-order valence-electron chi connectivity index (χ2n) is 3.11. The number of nitrogens with one attached hydrogen (secondary N) is 2. The van der Waals surface area contributed by atoms with E-state index in [1.54, 1.807) is 0 Å². The summed E-state index contributed by atoms with van der Waals surface area (Å²) in [5.74, 6) is -1.29. The molecule has 1 aromatic rings. The Bertz CT molecular complexity index is 556. The highest BCUT2D eigenvalue weighted by molar-refractivity contribution is 7.91. The molecule has 1 heterocycles. The van der Waals surface area contributed by atoms with Crippen LogP contribution in [0.1, 0.15) is 12.6 Å². The van der Waals surface area contributed by atoms with Gasteiger partial charge in [0.15, 0.2) is 4.21 Å². The van der Waals surface area contributed by atoms with Crippen molar-refractivity contribution in [2.75, 3.05) is 0 Å². The van der Waals surface area contributed by atoms with Gasteiger partial charge in [0, 0.05) is 5.69 Å². The average Bonchev–Trinajstić information content (AvgIpc) is 2.45. The zero-order chi connectivity index (χ0) is 12.5. The van der Waals surface area contributed by atoms with Gasteiger partial charge in [-0.1, -0.05) is 11.3 Å². The first kappa shape index (κ1) is 12.9. The molecule has 16 heavy (non-hydrogen) atoms. The van der Waals surface area contributed by atoms with Gasteiger partial charge in [-0.25, -0.2) is 8.42 Å². The number of aryl methyl sites for hydroxylation is 1. The highest BCUT2D eigenvalue weighted by atomic mass is 32.2. The zero-order valence-corrected chi connectivity index (χ0v) is 10.1. The number of hydrogen-bond donors (Lipinski definition) is 3. The van der Waals surface area contributed by atoms with Crippen molar-refractivity contribution in [2.45, 2.75) is 24.1 Å². The van der Waals surface area contributed by atoms with Crippen LogP contribution in [0.4, 0.5) is 0 Å². The maximum Gasteiger partial charge on any atom is 0.321 e. The van der Waals surface area contributed by atoms with E-state index >= 15 is 0 Å². The summed E-state index contributed by atoms with van der Waals surface area (Å²) in [7, 11) is -3.96. The number of aromatic amines is 1. The number of carboxylic acid groups (broad SMARTS) is 1. The molecule has 3 N–H and O–H groups in total. The van der Waals surface area contributed by atoms with Gasteiger partial charge in [0.2, 0.25) is 0 Å². The lowest BCUT2D eigenvalue weighted by atomic mass is 10.4. The molecule has 0 fully saturated rings. The second-order valence-corrected chi connectivity index (χ2v) is 6.00. The number of thiazole rings is 1. The van der Waals surface area contributed by atoms with Gasteiger partial charge in [-0.2, -0.15) is 4.72 Å². The normalized spacial score (nSPS) is 13.6. The molecule has 9 heteroatoms. The molecule has 7 nitrogen and oxygen atoms in total.